The maximum Gasteiger partial charge on any atom is 0.0479 e. The summed E-state index contributed by atoms with van der Waals surface area (Å²) in [5, 5.41) is 0. The molecule has 0 bridgehead atoms. The van der Waals surface area contributed by atoms with Gasteiger partial charge >= 0.3 is 0 Å². The first-order chi connectivity index (χ1) is 13.1. The van der Waals surface area contributed by atoms with Gasteiger partial charge in [0.25, 0.3) is 0 Å². The Balaban J connectivity index is 1.98. The van der Waals surface area contributed by atoms with Crippen LogP contribution in [0.25, 0.3) is 33.4 Å². The van der Waals surface area contributed by atoms with Gasteiger partial charge in [0.1, 0.15) is 0 Å². The molecule has 0 aliphatic carbocycles. The fourth-order valence-electron chi connectivity index (χ4n) is 3.35. The summed E-state index contributed by atoms with van der Waals surface area (Å²) in [4.78, 5) is 0. The van der Waals surface area contributed by atoms with Gasteiger partial charge in [0, 0.05) is 28.2 Å². The molecule has 0 spiro atoms. The van der Waals surface area contributed by atoms with Crippen molar-refractivity contribution in [3.05, 3.63) is 91.0 Å². The Hall–Kier alpha value is -3.72. The number of hydrogen-bond donors (Lipinski definition) is 3. The SMILES string of the molecule is Nc1ccc(-c2ccc(-c3ccccc3)c(N)c2-c2ccc(N)cc2)cc1. The van der Waals surface area contributed by atoms with Crippen LogP contribution in [-0.2, 0) is 0 Å². The molecule has 0 aromatic heterocycles. The summed E-state index contributed by atoms with van der Waals surface area (Å²) in [6.07, 6.45) is 0. The Labute approximate surface area is 159 Å². The molecular weight excluding hydrogens is 330 g/mol. The lowest BCUT2D eigenvalue weighted by Crippen LogP contribution is -1.98. The van der Waals surface area contributed by atoms with E-state index >= 15 is 0 Å². The lowest BCUT2D eigenvalue weighted by Gasteiger charge is -2.17. The summed E-state index contributed by atoms with van der Waals surface area (Å²) < 4.78 is 0. The average Bonchev–Trinajstić information content (AvgIpc) is 2.70. The summed E-state index contributed by atoms with van der Waals surface area (Å²) in [6.45, 7) is 0. The van der Waals surface area contributed by atoms with Crippen LogP contribution in [0.5, 0.6) is 0 Å². The van der Waals surface area contributed by atoms with Crippen LogP contribution >= 0.6 is 0 Å². The van der Waals surface area contributed by atoms with E-state index in [1.807, 2.05) is 66.7 Å². The fourth-order valence-corrected chi connectivity index (χ4v) is 3.35. The number of benzene rings is 4. The highest BCUT2D eigenvalue weighted by molar-refractivity contribution is 5.98. The van der Waals surface area contributed by atoms with Gasteiger partial charge in [-0.25, -0.2) is 0 Å². The molecule has 0 aliphatic rings. The Bertz CT molecular complexity index is 1070. The average molecular weight is 351 g/mol. The lowest BCUT2D eigenvalue weighted by molar-refractivity contribution is 1.55. The van der Waals surface area contributed by atoms with E-state index < -0.39 is 0 Å². The highest BCUT2D eigenvalue weighted by Crippen LogP contribution is 2.42. The number of nitrogen functional groups attached to an aromatic ring is 3. The zero-order valence-electron chi connectivity index (χ0n) is 14.9. The molecule has 0 unspecified atom stereocenters. The molecule has 0 heterocycles. The smallest absolute Gasteiger partial charge is 0.0479 e. The van der Waals surface area contributed by atoms with Gasteiger partial charge in [0.2, 0.25) is 0 Å². The van der Waals surface area contributed by atoms with E-state index in [1.54, 1.807) is 0 Å². The molecule has 0 atom stereocenters. The molecule has 6 N–H and O–H groups in total. The van der Waals surface area contributed by atoms with E-state index in [-0.39, 0.29) is 0 Å². The molecule has 4 aromatic rings. The van der Waals surface area contributed by atoms with Crippen LogP contribution in [0.1, 0.15) is 0 Å². The van der Waals surface area contributed by atoms with Crippen LogP contribution < -0.4 is 17.2 Å². The van der Waals surface area contributed by atoms with Gasteiger partial charge in [0.05, 0.1) is 0 Å². The maximum atomic E-state index is 6.70. The second-order valence-corrected chi connectivity index (χ2v) is 6.56. The summed E-state index contributed by atoms with van der Waals surface area (Å²) in [7, 11) is 0. The van der Waals surface area contributed by atoms with Crippen LogP contribution in [0, 0.1) is 0 Å². The predicted molar refractivity (Wildman–Crippen MR) is 116 cm³/mol. The third-order valence-electron chi connectivity index (χ3n) is 4.75. The summed E-state index contributed by atoms with van der Waals surface area (Å²) in [6, 6.07) is 30.1. The standard InChI is InChI=1S/C24H21N3/c25-19-10-6-17(7-11-19)21-14-15-22(16-4-2-1-3-5-16)24(27)23(21)18-8-12-20(26)13-9-18/h1-15H,25-27H2. The van der Waals surface area contributed by atoms with Gasteiger partial charge in [-0.3, -0.25) is 0 Å². The zero-order chi connectivity index (χ0) is 18.8. The molecule has 132 valence electrons. The third-order valence-corrected chi connectivity index (χ3v) is 4.75. The van der Waals surface area contributed by atoms with Crippen molar-refractivity contribution >= 4 is 17.1 Å². The van der Waals surface area contributed by atoms with Gasteiger partial charge in [0.15, 0.2) is 0 Å². The van der Waals surface area contributed by atoms with Gasteiger partial charge in [-0.2, -0.15) is 0 Å². The molecule has 0 radical (unpaired) electrons. The third kappa shape index (κ3) is 3.23. The molecule has 27 heavy (non-hydrogen) atoms. The Morgan fingerprint density at radius 1 is 0.407 bits per heavy atom. The van der Waals surface area contributed by atoms with Crippen LogP contribution in [0.3, 0.4) is 0 Å². The van der Waals surface area contributed by atoms with Crippen molar-refractivity contribution in [1.82, 2.24) is 0 Å². The highest BCUT2D eigenvalue weighted by Gasteiger charge is 2.15. The number of anilines is 3. The van der Waals surface area contributed by atoms with Crippen molar-refractivity contribution in [3.63, 3.8) is 0 Å². The number of nitrogens with two attached hydrogens (primary N) is 3. The topological polar surface area (TPSA) is 78.1 Å². The van der Waals surface area contributed by atoms with Crippen molar-refractivity contribution < 1.29 is 0 Å². The normalized spacial score (nSPS) is 10.7. The molecule has 0 amide bonds. The van der Waals surface area contributed by atoms with E-state index in [1.165, 1.54) is 0 Å². The first kappa shape index (κ1) is 16.7. The Morgan fingerprint density at radius 2 is 0.889 bits per heavy atom. The maximum absolute atomic E-state index is 6.70. The second kappa shape index (κ2) is 6.89. The van der Waals surface area contributed by atoms with Gasteiger partial charge in [-0.05, 0) is 46.5 Å². The van der Waals surface area contributed by atoms with E-state index in [4.69, 9.17) is 17.2 Å². The molecule has 0 saturated heterocycles. The summed E-state index contributed by atoms with van der Waals surface area (Å²) in [5.74, 6) is 0. The van der Waals surface area contributed by atoms with Crippen LogP contribution in [0.2, 0.25) is 0 Å². The van der Waals surface area contributed by atoms with Crippen molar-refractivity contribution in [3.8, 4) is 33.4 Å². The largest absolute Gasteiger partial charge is 0.399 e. The van der Waals surface area contributed by atoms with Gasteiger partial charge in [-0.1, -0.05) is 66.7 Å². The molecule has 3 nitrogen and oxygen atoms in total. The summed E-state index contributed by atoms with van der Waals surface area (Å²) in [5.41, 5.74) is 26.9. The Morgan fingerprint density at radius 3 is 1.48 bits per heavy atom. The molecule has 0 aliphatic heterocycles. The van der Waals surface area contributed by atoms with Crippen molar-refractivity contribution in [2.45, 2.75) is 0 Å². The van der Waals surface area contributed by atoms with E-state index in [9.17, 15) is 0 Å². The Kier molecular flexibility index (Phi) is 4.27. The lowest BCUT2D eigenvalue weighted by atomic mass is 9.89. The number of hydrogen-bond acceptors (Lipinski definition) is 3. The van der Waals surface area contributed by atoms with E-state index in [0.29, 0.717) is 0 Å². The minimum Gasteiger partial charge on any atom is -0.399 e. The van der Waals surface area contributed by atoms with Crippen molar-refractivity contribution in [1.29, 1.82) is 0 Å². The van der Waals surface area contributed by atoms with Gasteiger partial charge in [-0.15, -0.1) is 0 Å². The quantitative estimate of drug-likeness (QED) is 0.430. The minimum absolute atomic E-state index is 0.727. The monoisotopic (exact) mass is 351 g/mol. The number of rotatable bonds is 3. The first-order valence-electron chi connectivity index (χ1n) is 8.83. The highest BCUT2D eigenvalue weighted by atomic mass is 14.6. The van der Waals surface area contributed by atoms with Crippen LogP contribution in [0.15, 0.2) is 91.0 Å². The molecule has 0 saturated carbocycles. The zero-order valence-corrected chi connectivity index (χ0v) is 14.9. The molecule has 3 heteroatoms. The van der Waals surface area contributed by atoms with Crippen LogP contribution in [0.4, 0.5) is 17.1 Å². The minimum atomic E-state index is 0.727. The molecule has 0 fully saturated rings. The summed E-state index contributed by atoms with van der Waals surface area (Å²) >= 11 is 0. The fraction of sp³-hybridized carbons (Fsp3) is 0. The molecular formula is C24H21N3. The van der Waals surface area contributed by atoms with E-state index in [0.717, 1.165) is 50.4 Å². The van der Waals surface area contributed by atoms with Crippen molar-refractivity contribution in [2.75, 3.05) is 17.2 Å². The molecule has 4 aromatic carbocycles. The second-order valence-electron chi connectivity index (χ2n) is 6.56. The van der Waals surface area contributed by atoms with Crippen LogP contribution in [-0.4, -0.2) is 0 Å². The van der Waals surface area contributed by atoms with Gasteiger partial charge < -0.3 is 17.2 Å². The molecule has 4 rings (SSSR count). The first-order valence-corrected chi connectivity index (χ1v) is 8.83. The van der Waals surface area contributed by atoms with E-state index in [2.05, 4.69) is 24.3 Å². The van der Waals surface area contributed by atoms with Crippen molar-refractivity contribution in [2.24, 2.45) is 0 Å². The predicted octanol–water partition coefficient (Wildman–Crippen LogP) is 5.43.